The molecule has 2 aromatic heterocycles. The summed E-state index contributed by atoms with van der Waals surface area (Å²) in [6.45, 7) is 3.37. The number of rotatable bonds is 6. The third-order valence-corrected chi connectivity index (χ3v) is 6.11. The van der Waals surface area contributed by atoms with E-state index in [9.17, 15) is 14.8 Å². The van der Waals surface area contributed by atoms with Crippen molar-refractivity contribution in [3.63, 3.8) is 0 Å². The quantitative estimate of drug-likeness (QED) is 0.177. The highest BCUT2D eigenvalue weighted by Crippen LogP contribution is 2.27. The number of fused-ring (bicyclic) bond motifs is 1. The van der Waals surface area contributed by atoms with Crippen molar-refractivity contribution >= 4 is 33.6 Å². The van der Waals surface area contributed by atoms with Gasteiger partial charge in [0.1, 0.15) is 5.75 Å². The zero-order valence-electron chi connectivity index (χ0n) is 18.7. The maximum atomic E-state index is 12.7. The van der Waals surface area contributed by atoms with Gasteiger partial charge in [0.2, 0.25) is 22.9 Å². The van der Waals surface area contributed by atoms with Crippen LogP contribution in [0.1, 0.15) is 34.6 Å². The number of pyridine rings is 1. The maximum Gasteiger partial charge on any atom is 0.319 e. The Morgan fingerprint density at radius 3 is 2.50 bits per heavy atom. The SMILES string of the molecule is COc1ccc2cc([C@H](C)C(=O)Oc3ccc(SC(=O)c4c[n+]([O-])c(C)cn4)cn3)ccc2c1. The first-order valence-corrected chi connectivity index (χ1v) is 11.2. The van der Waals surface area contributed by atoms with Crippen LogP contribution in [0.15, 0.2) is 72.0 Å². The highest BCUT2D eigenvalue weighted by molar-refractivity contribution is 8.14. The molecular weight excluding hydrogens is 454 g/mol. The van der Waals surface area contributed by atoms with Crippen molar-refractivity contribution in [1.82, 2.24) is 9.97 Å². The second-order valence-electron chi connectivity index (χ2n) is 7.58. The number of thioether (sulfide) groups is 1. The molecule has 172 valence electrons. The highest BCUT2D eigenvalue weighted by atomic mass is 32.2. The van der Waals surface area contributed by atoms with Gasteiger partial charge in [-0.1, -0.05) is 24.3 Å². The third-order valence-electron chi connectivity index (χ3n) is 5.24. The number of benzene rings is 2. The van der Waals surface area contributed by atoms with Crippen LogP contribution >= 0.6 is 11.8 Å². The van der Waals surface area contributed by atoms with E-state index in [0.29, 0.717) is 15.3 Å². The molecule has 2 heterocycles. The number of hydrogen-bond acceptors (Lipinski definition) is 8. The molecule has 34 heavy (non-hydrogen) atoms. The molecule has 1 atom stereocenters. The number of methoxy groups -OCH3 is 1. The predicted molar refractivity (Wildman–Crippen MR) is 127 cm³/mol. The van der Waals surface area contributed by atoms with Gasteiger partial charge in [-0.05, 0) is 53.2 Å². The van der Waals surface area contributed by atoms with E-state index >= 15 is 0 Å². The number of carbonyl (C=O) groups is 2. The first-order valence-electron chi connectivity index (χ1n) is 10.4. The van der Waals surface area contributed by atoms with Gasteiger partial charge in [-0.15, -0.1) is 0 Å². The van der Waals surface area contributed by atoms with E-state index in [1.807, 2.05) is 36.4 Å². The molecule has 0 aliphatic carbocycles. The Morgan fingerprint density at radius 2 is 1.79 bits per heavy atom. The topological polar surface area (TPSA) is 105 Å². The van der Waals surface area contributed by atoms with E-state index in [0.717, 1.165) is 40.0 Å². The second-order valence-corrected chi connectivity index (χ2v) is 8.62. The molecule has 0 aliphatic heterocycles. The summed E-state index contributed by atoms with van der Waals surface area (Å²) in [4.78, 5) is 33.7. The van der Waals surface area contributed by atoms with Crippen molar-refractivity contribution in [3.8, 4) is 11.6 Å². The standard InChI is InChI=1S/C25H21N3O5S/c1-15-12-26-22(14-28(15)31)25(30)34-21-8-9-23(27-13-21)33-24(29)16(2)17-4-5-19-11-20(32-3)7-6-18(19)10-17/h4-14,16H,1-3H3/t16-/m0/s1. The van der Waals surface area contributed by atoms with Gasteiger partial charge in [-0.25, -0.2) is 9.97 Å². The first kappa shape index (κ1) is 23.2. The lowest BCUT2D eigenvalue weighted by atomic mass is 9.98. The monoisotopic (exact) mass is 475 g/mol. The largest absolute Gasteiger partial charge is 0.618 e. The fraction of sp³-hybridized carbons (Fsp3) is 0.160. The Morgan fingerprint density at radius 1 is 1.03 bits per heavy atom. The van der Waals surface area contributed by atoms with Crippen LogP contribution in [0.25, 0.3) is 10.8 Å². The van der Waals surface area contributed by atoms with E-state index in [2.05, 4.69) is 9.97 Å². The van der Waals surface area contributed by atoms with Crippen molar-refractivity contribution in [2.24, 2.45) is 0 Å². The molecule has 4 aromatic rings. The summed E-state index contributed by atoms with van der Waals surface area (Å²) >= 11 is 0.880. The normalized spacial score (nSPS) is 11.7. The zero-order chi connectivity index (χ0) is 24.2. The lowest BCUT2D eigenvalue weighted by Gasteiger charge is -2.12. The Labute approximate surface area is 200 Å². The van der Waals surface area contributed by atoms with E-state index in [1.54, 1.807) is 27.0 Å². The van der Waals surface area contributed by atoms with Crippen LogP contribution in [0.4, 0.5) is 0 Å². The second kappa shape index (κ2) is 9.88. The van der Waals surface area contributed by atoms with Crippen molar-refractivity contribution in [2.45, 2.75) is 24.7 Å². The average Bonchev–Trinajstić information content (AvgIpc) is 2.85. The Bertz CT molecular complexity index is 1380. The van der Waals surface area contributed by atoms with Crippen LogP contribution in [0, 0.1) is 12.1 Å². The van der Waals surface area contributed by atoms with Gasteiger partial charge >= 0.3 is 5.97 Å². The van der Waals surface area contributed by atoms with Crippen LogP contribution in [0.2, 0.25) is 0 Å². The van der Waals surface area contributed by atoms with Gasteiger partial charge < -0.3 is 14.7 Å². The summed E-state index contributed by atoms with van der Waals surface area (Å²) in [6.07, 6.45) is 3.91. The average molecular weight is 476 g/mol. The van der Waals surface area contributed by atoms with Crippen molar-refractivity contribution < 1.29 is 23.8 Å². The van der Waals surface area contributed by atoms with Crippen molar-refractivity contribution in [3.05, 3.63) is 89.3 Å². The first-order chi connectivity index (χ1) is 16.3. The maximum absolute atomic E-state index is 12.7. The molecule has 0 bridgehead atoms. The summed E-state index contributed by atoms with van der Waals surface area (Å²) < 4.78 is 11.3. The zero-order valence-corrected chi connectivity index (χ0v) is 19.5. The molecular formula is C25H21N3O5S. The Kier molecular flexibility index (Phi) is 6.74. The lowest BCUT2D eigenvalue weighted by molar-refractivity contribution is -0.613. The van der Waals surface area contributed by atoms with Gasteiger partial charge in [0, 0.05) is 24.1 Å². The van der Waals surface area contributed by atoms with Crippen LogP contribution in [0.3, 0.4) is 0 Å². The third kappa shape index (κ3) is 5.15. The van der Waals surface area contributed by atoms with Crippen LogP contribution < -0.4 is 14.2 Å². The predicted octanol–water partition coefficient (Wildman–Crippen LogP) is 4.22. The summed E-state index contributed by atoms with van der Waals surface area (Å²) in [5, 5.41) is 13.3. The number of nitrogens with zero attached hydrogens (tertiary/aromatic N) is 3. The minimum absolute atomic E-state index is 0.0451. The summed E-state index contributed by atoms with van der Waals surface area (Å²) in [6, 6.07) is 14.7. The molecule has 0 unspecified atom stereocenters. The minimum atomic E-state index is -0.504. The molecule has 0 aliphatic rings. The number of aryl methyl sites for hydroxylation is 1. The summed E-state index contributed by atoms with van der Waals surface area (Å²) in [5.41, 5.74) is 1.26. The molecule has 0 radical (unpaired) electrons. The van der Waals surface area contributed by atoms with Crippen LogP contribution in [-0.4, -0.2) is 28.2 Å². The number of ether oxygens (including phenoxy) is 2. The molecule has 8 nitrogen and oxygen atoms in total. The van der Waals surface area contributed by atoms with E-state index < -0.39 is 17.0 Å². The van der Waals surface area contributed by atoms with Crippen LogP contribution in [-0.2, 0) is 4.79 Å². The molecule has 0 N–H and O–H groups in total. The number of aromatic nitrogens is 3. The molecule has 2 aromatic carbocycles. The number of hydrogen-bond donors (Lipinski definition) is 0. The van der Waals surface area contributed by atoms with E-state index in [1.165, 1.54) is 18.5 Å². The molecule has 0 saturated carbocycles. The van der Waals surface area contributed by atoms with Gasteiger partial charge in [0.25, 0.3) is 0 Å². The van der Waals surface area contributed by atoms with Crippen LogP contribution in [0.5, 0.6) is 11.6 Å². The van der Waals surface area contributed by atoms with Gasteiger partial charge in [-0.3, -0.25) is 9.59 Å². The van der Waals surface area contributed by atoms with Gasteiger partial charge in [0.05, 0.1) is 19.2 Å². The molecule has 0 fully saturated rings. The van der Waals surface area contributed by atoms with Gasteiger partial charge in [-0.2, -0.15) is 4.73 Å². The van der Waals surface area contributed by atoms with Gasteiger partial charge in [0.15, 0.2) is 5.69 Å². The Balaban J connectivity index is 1.40. The van der Waals surface area contributed by atoms with Crippen molar-refractivity contribution in [1.29, 1.82) is 0 Å². The number of esters is 1. The molecule has 0 saturated heterocycles. The fourth-order valence-corrected chi connectivity index (χ4v) is 3.85. The molecule has 0 spiro atoms. The summed E-state index contributed by atoms with van der Waals surface area (Å²) in [7, 11) is 1.62. The Hall–Kier alpha value is -3.98. The summed E-state index contributed by atoms with van der Waals surface area (Å²) in [5.74, 6) is -0.0488. The lowest BCUT2D eigenvalue weighted by Crippen LogP contribution is -2.31. The molecule has 0 amide bonds. The highest BCUT2D eigenvalue weighted by Gasteiger charge is 2.19. The number of carbonyl (C=O) groups excluding carboxylic acids is 2. The molecule has 9 heteroatoms. The van der Waals surface area contributed by atoms with E-state index in [-0.39, 0.29) is 11.6 Å². The minimum Gasteiger partial charge on any atom is -0.618 e. The fourth-order valence-electron chi connectivity index (χ4n) is 3.18. The molecule has 4 rings (SSSR count). The van der Waals surface area contributed by atoms with E-state index in [4.69, 9.17) is 9.47 Å². The smallest absolute Gasteiger partial charge is 0.319 e. The van der Waals surface area contributed by atoms with Crippen molar-refractivity contribution in [2.75, 3.05) is 7.11 Å².